The third-order valence-electron chi connectivity index (χ3n) is 5.35. The molecule has 27 heavy (non-hydrogen) atoms. The van der Waals surface area contributed by atoms with Crippen molar-refractivity contribution in [1.29, 1.82) is 0 Å². The van der Waals surface area contributed by atoms with E-state index in [9.17, 15) is 9.59 Å². The molecule has 2 aliphatic heterocycles. The van der Waals surface area contributed by atoms with Crippen LogP contribution in [0.5, 0.6) is 0 Å². The molecule has 2 aliphatic rings. The smallest absolute Gasteiger partial charge is 0.320 e. The third kappa shape index (κ3) is 2.84. The van der Waals surface area contributed by atoms with Gasteiger partial charge in [-0.2, -0.15) is 0 Å². The third-order valence-corrected chi connectivity index (χ3v) is 5.58. The number of amides is 3. The van der Waals surface area contributed by atoms with Crippen LogP contribution in [0.4, 0.5) is 10.5 Å². The van der Waals surface area contributed by atoms with E-state index >= 15 is 0 Å². The van der Waals surface area contributed by atoms with Gasteiger partial charge in [-0.3, -0.25) is 14.7 Å². The van der Waals surface area contributed by atoms with Crippen LogP contribution < -0.4 is 4.90 Å². The van der Waals surface area contributed by atoms with Crippen molar-refractivity contribution in [2.75, 3.05) is 25.0 Å². The topological polar surface area (TPSA) is 56.8 Å². The molecule has 7 heteroatoms. The zero-order valence-corrected chi connectivity index (χ0v) is 16.3. The number of aromatic nitrogens is 1. The Kier molecular flexibility index (Phi) is 4.11. The maximum absolute atomic E-state index is 13.1. The van der Waals surface area contributed by atoms with Crippen LogP contribution in [0.25, 0.3) is 0 Å². The Morgan fingerprint density at radius 2 is 1.93 bits per heavy atom. The van der Waals surface area contributed by atoms with Crippen molar-refractivity contribution in [1.82, 2.24) is 14.8 Å². The minimum atomic E-state index is -0.540. The molecule has 6 nitrogen and oxygen atoms in total. The second-order valence-electron chi connectivity index (χ2n) is 7.57. The van der Waals surface area contributed by atoms with Crippen molar-refractivity contribution in [2.24, 2.45) is 0 Å². The van der Waals surface area contributed by atoms with Gasteiger partial charge in [-0.05, 0) is 49.2 Å². The van der Waals surface area contributed by atoms with E-state index in [-0.39, 0.29) is 11.9 Å². The molecule has 140 valence electrons. The summed E-state index contributed by atoms with van der Waals surface area (Å²) in [6.07, 6.45) is 3.43. The lowest BCUT2D eigenvalue weighted by molar-refractivity contribution is 0.0982. The van der Waals surface area contributed by atoms with Crippen LogP contribution in [-0.2, 0) is 12.1 Å². The zero-order valence-electron chi connectivity index (χ0n) is 15.6. The molecule has 1 aromatic heterocycles. The molecule has 1 aromatic carbocycles. The van der Waals surface area contributed by atoms with Crippen molar-refractivity contribution >= 4 is 29.2 Å². The first-order chi connectivity index (χ1) is 12.8. The lowest BCUT2D eigenvalue weighted by atomic mass is 9.93. The molecule has 1 fully saturated rings. The number of rotatable bonds is 3. The maximum Gasteiger partial charge on any atom is 0.320 e. The van der Waals surface area contributed by atoms with Crippen LogP contribution in [0, 0.1) is 0 Å². The van der Waals surface area contributed by atoms with E-state index in [2.05, 4.69) is 4.98 Å². The van der Waals surface area contributed by atoms with E-state index in [0.717, 1.165) is 23.4 Å². The average Bonchev–Trinajstić information content (AvgIpc) is 3.03. The first-order valence-electron chi connectivity index (χ1n) is 8.87. The molecule has 0 aliphatic carbocycles. The standard InChI is InChI=1S/C20H21ClN4O2/c1-20(2)17-9-14(21)4-5-16(17)18(26)25(20)15-8-13(10-22-11-15)12-24-7-6-23(3)19(24)27/h4-5,8-11H,6-7,12H2,1-3H3. The van der Waals surface area contributed by atoms with Crippen molar-refractivity contribution < 1.29 is 9.59 Å². The summed E-state index contributed by atoms with van der Waals surface area (Å²) in [5.41, 5.74) is 2.64. The Bertz CT molecular complexity index is 943. The Morgan fingerprint density at radius 3 is 2.63 bits per heavy atom. The second kappa shape index (κ2) is 6.23. The van der Waals surface area contributed by atoms with E-state index in [0.29, 0.717) is 23.7 Å². The molecule has 0 atom stereocenters. The molecule has 0 saturated carbocycles. The predicted molar refractivity (Wildman–Crippen MR) is 104 cm³/mol. The molecule has 0 unspecified atom stereocenters. The van der Waals surface area contributed by atoms with Gasteiger partial charge in [0.15, 0.2) is 0 Å². The molecule has 2 aromatic rings. The minimum Gasteiger partial charge on any atom is -0.326 e. The number of carbonyl (C=O) groups is 2. The molecule has 4 rings (SSSR count). The summed E-state index contributed by atoms with van der Waals surface area (Å²) in [4.78, 5) is 34.8. The number of fused-ring (bicyclic) bond motifs is 1. The van der Waals surface area contributed by atoms with E-state index in [1.807, 2.05) is 26.0 Å². The quantitative estimate of drug-likeness (QED) is 0.813. The fourth-order valence-electron chi connectivity index (χ4n) is 3.90. The average molecular weight is 385 g/mol. The van der Waals surface area contributed by atoms with Crippen molar-refractivity contribution in [2.45, 2.75) is 25.9 Å². The van der Waals surface area contributed by atoms with Crippen LogP contribution >= 0.6 is 11.6 Å². The van der Waals surface area contributed by atoms with Gasteiger partial charge in [0.1, 0.15) is 0 Å². The fraction of sp³-hybridized carbons (Fsp3) is 0.350. The molecule has 3 heterocycles. The molecule has 0 bridgehead atoms. The SMILES string of the molecule is CN1CCN(Cc2cncc(N3C(=O)c4ccc(Cl)cc4C3(C)C)c2)C1=O. The fourth-order valence-corrected chi connectivity index (χ4v) is 4.07. The number of urea groups is 1. The van der Waals surface area contributed by atoms with E-state index in [1.165, 1.54) is 0 Å². The van der Waals surface area contributed by atoms with E-state index in [1.54, 1.807) is 46.3 Å². The van der Waals surface area contributed by atoms with E-state index < -0.39 is 5.54 Å². The molecular formula is C20H21ClN4O2. The summed E-state index contributed by atoms with van der Waals surface area (Å²) in [6.45, 7) is 5.89. The van der Waals surface area contributed by atoms with Gasteiger partial charge in [0.2, 0.25) is 0 Å². The van der Waals surface area contributed by atoms with Crippen LogP contribution in [0.15, 0.2) is 36.7 Å². The number of hydrogen-bond donors (Lipinski definition) is 0. The normalized spacial score (nSPS) is 18.4. The molecular weight excluding hydrogens is 364 g/mol. The van der Waals surface area contributed by atoms with Gasteiger partial charge >= 0.3 is 6.03 Å². The number of carbonyl (C=O) groups excluding carboxylic acids is 2. The van der Waals surface area contributed by atoms with Gasteiger partial charge in [-0.15, -0.1) is 0 Å². The van der Waals surface area contributed by atoms with Crippen LogP contribution in [0.2, 0.25) is 5.02 Å². The monoisotopic (exact) mass is 384 g/mol. The zero-order chi connectivity index (χ0) is 19.3. The Balaban J connectivity index is 1.66. The number of hydrogen-bond acceptors (Lipinski definition) is 3. The Labute approximate surface area is 163 Å². The van der Waals surface area contributed by atoms with Crippen molar-refractivity contribution in [3.8, 4) is 0 Å². The molecule has 3 amide bonds. The van der Waals surface area contributed by atoms with Crippen LogP contribution in [-0.4, -0.2) is 46.9 Å². The number of halogens is 1. The summed E-state index contributed by atoms with van der Waals surface area (Å²) in [5.74, 6) is -0.0670. The summed E-state index contributed by atoms with van der Waals surface area (Å²) in [6, 6.07) is 7.32. The molecule has 0 spiro atoms. The molecule has 0 radical (unpaired) electrons. The van der Waals surface area contributed by atoms with Crippen LogP contribution in [0.1, 0.15) is 35.3 Å². The lowest BCUT2D eigenvalue weighted by Crippen LogP contribution is -2.39. The summed E-state index contributed by atoms with van der Waals surface area (Å²) in [5, 5.41) is 0.611. The first kappa shape index (κ1) is 17.8. The number of benzene rings is 1. The number of anilines is 1. The number of pyridine rings is 1. The highest BCUT2D eigenvalue weighted by Gasteiger charge is 2.44. The highest BCUT2D eigenvalue weighted by molar-refractivity contribution is 6.31. The number of nitrogens with zero attached hydrogens (tertiary/aromatic N) is 4. The Morgan fingerprint density at radius 1 is 1.15 bits per heavy atom. The Hall–Kier alpha value is -2.60. The molecule has 0 N–H and O–H groups in total. The highest BCUT2D eigenvalue weighted by Crippen LogP contribution is 2.42. The minimum absolute atomic E-state index is 0.0139. The van der Waals surface area contributed by atoms with Gasteiger partial charge in [-0.25, -0.2) is 4.79 Å². The lowest BCUT2D eigenvalue weighted by Gasteiger charge is -2.32. The van der Waals surface area contributed by atoms with Gasteiger partial charge < -0.3 is 9.80 Å². The van der Waals surface area contributed by atoms with Crippen molar-refractivity contribution in [3.05, 3.63) is 58.4 Å². The van der Waals surface area contributed by atoms with Crippen LogP contribution in [0.3, 0.4) is 0 Å². The summed E-state index contributed by atoms with van der Waals surface area (Å²) < 4.78 is 0. The largest absolute Gasteiger partial charge is 0.326 e. The van der Waals surface area contributed by atoms with Gasteiger partial charge in [0, 0.05) is 43.5 Å². The highest BCUT2D eigenvalue weighted by atomic mass is 35.5. The maximum atomic E-state index is 13.1. The second-order valence-corrected chi connectivity index (χ2v) is 8.00. The van der Waals surface area contributed by atoms with Gasteiger partial charge in [0.05, 0.1) is 17.4 Å². The molecule has 1 saturated heterocycles. The van der Waals surface area contributed by atoms with Crippen molar-refractivity contribution in [3.63, 3.8) is 0 Å². The first-order valence-corrected chi connectivity index (χ1v) is 9.25. The van der Waals surface area contributed by atoms with Gasteiger partial charge in [-0.1, -0.05) is 11.6 Å². The predicted octanol–water partition coefficient (Wildman–Crippen LogP) is 3.50. The van der Waals surface area contributed by atoms with Gasteiger partial charge in [0.25, 0.3) is 5.91 Å². The summed E-state index contributed by atoms with van der Waals surface area (Å²) >= 11 is 6.15. The van der Waals surface area contributed by atoms with E-state index in [4.69, 9.17) is 11.6 Å². The number of likely N-dealkylation sites (N-methyl/N-ethyl adjacent to an activating group) is 1. The summed E-state index contributed by atoms with van der Waals surface area (Å²) in [7, 11) is 1.80.